The summed E-state index contributed by atoms with van der Waals surface area (Å²) >= 11 is 0. The normalized spacial score (nSPS) is 15.3. The van der Waals surface area contributed by atoms with E-state index in [1.54, 1.807) is 17.9 Å². The molecule has 4 heterocycles. The molecule has 31 heavy (non-hydrogen) atoms. The lowest BCUT2D eigenvalue weighted by molar-refractivity contribution is 0.0743. The van der Waals surface area contributed by atoms with Gasteiger partial charge in [-0.15, -0.1) is 15.3 Å². The molecule has 0 N–H and O–H groups in total. The van der Waals surface area contributed by atoms with Gasteiger partial charge < -0.3 is 24.0 Å². The minimum Gasteiger partial charge on any atom is -0.479 e. The van der Waals surface area contributed by atoms with Crippen LogP contribution in [0.1, 0.15) is 10.4 Å². The number of piperazine rings is 1. The zero-order valence-electron chi connectivity index (χ0n) is 17.3. The van der Waals surface area contributed by atoms with E-state index in [2.05, 4.69) is 20.2 Å². The summed E-state index contributed by atoms with van der Waals surface area (Å²) in [4.78, 5) is 16.8. The largest absolute Gasteiger partial charge is 0.479 e. The van der Waals surface area contributed by atoms with Gasteiger partial charge >= 0.3 is 0 Å². The Hall–Kier alpha value is -3.82. The van der Waals surface area contributed by atoms with Crippen LogP contribution in [0, 0.1) is 0 Å². The average molecular weight is 422 g/mol. The number of rotatable bonds is 4. The Kier molecular flexibility index (Phi) is 4.81. The molecule has 3 aromatic rings. The highest BCUT2D eigenvalue weighted by atomic mass is 16.7. The molecule has 2 aliphatic rings. The highest BCUT2D eigenvalue weighted by molar-refractivity contribution is 5.96. The van der Waals surface area contributed by atoms with Crippen molar-refractivity contribution >= 4 is 11.7 Å². The van der Waals surface area contributed by atoms with Gasteiger partial charge in [0, 0.05) is 45.0 Å². The average Bonchev–Trinajstić information content (AvgIpc) is 3.44. The van der Waals surface area contributed by atoms with Gasteiger partial charge in [-0.1, -0.05) is 0 Å². The predicted octanol–water partition coefficient (Wildman–Crippen LogP) is 1.58. The molecule has 5 rings (SSSR count). The number of amides is 1. The van der Waals surface area contributed by atoms with Gasteiger partial charge in [0.15, 0.2) is 17.3 Å². The van der Waals surface area contributed by atoms with Crippen LogP contribution in [0.3, 0.4) is 0 Å². The quantitative estimate of drug-likeness (QED) is 0.626. The third-order valence-electron chi connectivity index (χ3n) is 5.43. The van der Waals surface area contributed by atoms with Crippen LogP contribution in [0.5, 0.6) is 17.4 Å². The number of fused-ring (bicyclic) bond motifs is 1. The van der Waals surface area contributed by atoms with E-state index in [1.165, 1.54) is 7.11 Å². The van der Waals surface area contributed by atoms with Gasteiger partial charge in [-0.25, -0.2) is 0 Å². The Labute approximate surface area is 178 Å². The highest BCUT2D eigenvalue weighted by Crippen LogP contribution is 2.35. The number of nitrogens with zero attached hydrogens (tertiary/aromatic N) is 6. The second-order valence-electron chi connectivity index (χ2n) is 7.35. The maximum Gasteiger partial charge on any atom is 0.261 e. The molecule has 1 fully saturated rings. The molecule has 2 aliphatic heterocycles. The second-order valence-corrected chi connectivity index (χ2v) is 7.35. The van der Waals surface area contributed by atoms with Crippen LogP contribution in [0.25, 0.3) is 11.3 Å². The Morgan fingerprint density at radius 2 is 1.84 bits per heavy atom. The monoisotopic (exact) mass is 422 g/mol. The van der Waals surface area contributed by atoms with E-state index in [1.807, 2.05) is 35.2 Å². The van der Waals surface area contributed by atoms with Gasteiger partial charge in [0.25, 0.3) is 5.91 Å². The van der Waals surface area contributed by atoms with E-state index >= 15 is 0 Å². The van der Waals surface area contributed by atoms with Crippen molar-refractivity contribution in [3.63, 3.8) is 0 Å². The topological polar surface area (TPSA) is 94.8 Å². The van der Waals surface area contributed by atoms with E-state index in [9.17, 15) is 4.79 Å². The van der Waals surface area contributed by atoms with E-state index in [-0.39, 0.29) is 12.7 Å². The molecular formula is C21H22N6O4. The maximum absolute atomic E-state index is 12.8. The molecule has 10 nitrogen and oxygen atoms in total. The van der Waals surface area contributed by atoms with Gasteiger partial charge in [-0.3, -0.25) is 9.48 Å². The standard InChI is InChI=1S/C21H22N6O4/c1-25-12-15(20(24-25)29-2)21(28)27-9-7-26(8-10-27)19-6-4-16(22-23-19)14-3-5-17-18(11-14)31-13-30-17/h3-6,11-12H,7-10,13H2,1-2H3. The number of benzene rings is 1. The van der Waals surface area contributed by atoms with Crippen LogP contribution in [0.2, 0.25) is 0 Å². The number of aryl methyl sites for hydroxylation is 1. The molecule has 0 bridgehead atoms. The van der Waals surface area contributed by atoms with Crippen molar-refractivity contribution in [1.82, 2.24) is 24.9 Å². The van der Waals surface area contributed by atoms with Gasteiger partial charge in [-0.2, -0.15) is 0 Å². The van der Waals surface area contributed by atoms with Crippen molar-refractivity contribution in [3.8, 4) is 28.6 Å². The number of ether oxygens (including phenoxy) is 3. The minimum atomic E-state index is -0.0751. The number of carbonyl (C=O) groups excluding carboxylic acids is 1. The van der Waals surface area contributed by atoms with Crippen LogP contribution in [0.4, 0.5) is 5.82 Å². The fraction of sp³-hybridized carbons (Fsp3) is 0.333. The first-order valence-corrected chi connectivity index (χ1v) is 9.98. The number of carbonyl (C=O) groups is 1. The van der Waals surface area contributed by atoms with E-state index in [0.717, 1.165) is 28.6 Å². The summed E-state index contributed by atoms with van der Waals surface area (Å²) in [6.07, 6.45) is 1.69. The Morgan fingerprint density at radius 1 is 1.03 bits per heavy atom. The van der Waals surface area contributed by atoms with E-state index < -0.39 is 0 Å². The SMILES string of the molecule is COc1nn(C)cc1C(=O)N1CCN(c2ccc(-c3ccc4c(c3)OCO4)nn2)CC1. The molecule has 2 aromatic heterocycles. The molecule has 1 saturated heterocycles. The third kappa shape index (κ3) is 3.60. The molecule has 1 amide bonds. The molecule has 0 aliphatic carbocycles. The van der Waals surface area contributed by atoms with Crippen LogP contribution in [-0.2, 0) is 7.05 Å². The van der Waals surface area contributed by atoms with Gasteiger partial charge in [0.1, 0.15) is 5.56 Å². The lowest BCUT2D eigenvalue weighted by Crippen LogP contribution is -2.49. The van der Waals surface area contributed by atoms with Gasteiger partial charge in [0.05, 0.1) is 12.8 Å². The molecule has 1 aromatic carbocycles. The van der Waals surface area contributed by atoms with Crippen molar-refractivity contribution in [3.05, 3.63) is 42.1 Å². The van der Waals surface area contributed by atoms with Crippen molar-refractivity contribution in [2.75, 3.05) is 45.0 Å². The van der Waals surface area contributed by atoms with Crippen LogP contribution < -0.4 is 19.1 Å². The number of methoxy groups -OCH3 is 1. The molecule has 0 spiro atoms. The molecule has 160 valence electrons. The zero-order chi connectivity index (χ0) is 21.4. The fourth-order valence-electron chi connectivity index (χ4n) is 3.78. The Bertz CT molecular complexity index is 1110. The molecule has 0 saturated carbocycles. The van der Waals surface area contributed by atoms with Crippen molar-refractivity contribution in [2.45, 2.75) is 0 Å². The van der Waals surface area contributed by atoms with Crippen LogP contribution >= 0.6 is 0 Å². The molecule has 0 atom stereocenters. The highest BCUT2D eigenvalue weighted by Gasteiger charge is 2.26. The summed E-state index contributed by atoms with van der Waals surface area (Å²) in [5, 5.41) is 12.9. The molecular weight excluding hydrogens is 400 g/mol. The first-order chi connectivity index (χ1) is 15.1. The first-order valence-electron chi connectivity index (χ1n) is 9.98. The fourth-order valence-corrected chi connectivity index (χ4v) is 3.78. The van der Waals surface area contributed by atoms with Crippen molar-refractivity contribution < 1.29 is 19.0 Å². The summed E-state index contributed by atoms with van der Waals surface area (Å²) in [5.41, 5.74) is 2.16. The summed E-state index contributed by atoms with van der Waals surface area (Å²) in [5.74, 6) is 2.52. The number of aromatic nitrogens is 4. The van der Waals surface area contributed by atoms with Crippen LogP contribution in [0.15, 0.2) is 36.5 Å². The van der Waals surface area contributed by atoms with Crippen molar-refractivity contribution in [2.24, 2.45) is 7.05 Å². The molecule has 0 unspecified atom stereocenters. The maximum atomic E-state index is 12.8. The van der Waals surface area contributed by atoms with E-state index in [4.69, 9.17) is 14.2 Å². The summed E-state index contributed by atoms with van der Waals surface area (Å²) < 4.78 is 17.6. The van der Waals surface area contributed by atoms with E-state index in [0.29, 0.717) is 37.6 Å². The summed E-state index contributed by atoms with van der Waals surface area (Å²) in [7, 11) is 3.28. The van der Waals surface area contributed by atoms with Gasteiger partial charge in [-0.05, 0) is 30.3 Å². The minimum absolute atomic E-state index is 0.0751. The smallest absolute Gasteiger partial charge is 0.261 e. The number of hydrogen-bond acceptors (Lipinski definition) is 8. The summed E-state index contributed by atoms with van der Waals surface area (Å²) in [6.45, 7) is 2.76. The Morgan fingerprint density at radius 3 is 2.58 bits per heavy atom. The lowest BCUT2D eigenvalue weighted by atomic mass is 10.1. The summed E-state index contributed by atoms with van der Waals surface area (Å²) in [6, 6.07) is 9.62. The lowest BCUT2D eigenvalue weighted by Gasteiger charge is -2.35. The van der Waals surface area contributed by atoms with Crippen LogP contribution in [-0.4, -0.2) is 70.9 Å². The third-order valence-corrected chi connectivity index (χ3v) is 5.43. The molecule has 0 radical (unpaired) electrons. The zero-order valence-corrected chi connectivity index (χ0v) is 17.3. The van der Waals surface area contributed by atoms with Crippen molar-refractivity contribution in [1.29, 1.82) is 0 Å². The number of anilines is 1. The predicted molar refractivity (Wildman–Crippen MR) is 111 cm³/mol. The van der Waals surface area contributed by atoms with Gasteiger partial charge in [0.2, 0.25) is 12.7 Å². The Balaban J connectivity index is 1.24. The molecule has 10 heteroatoms. The second kappa shape index (κ2) is 7.78. The number of hydrogen-bond donors (Lipinski definition) is 0. The first kappa shape index (κ1) is 19.2.